The van der Waals surface area contributed by atoms with Gasteiger partial charge in [0.25, 0.3) is 0 Å². The molecule has 2 aliphatic rings. The maximum absolute atomic E-state index is 5.86. The van der Waals surface area contributed by atoms with Gasteiger partial charge < -0.3 is 15.0 Å². The highest BCUT2D eigenvalue weighted by atomic mass is 16.5. The largest absolute Gasteiger partial charge is 0.370 e. The molecule has 2 fully saturated rings. The van der Waals surface area contributed by atoms with Gasteiger partial charge in [-0.3, -0.25) is 0 Å². The predicted octanol–water partition coefficient (Wildman–Crippen LogP) is 1.77. The average Bonchev–Trinajstić information content (AvgIpc) is 2.72. The van der Waals surface area contributed by atoms with Crippen molar-refractivity contribution in [2.24, 2.45) is 11.1 Å². The molecule has 0 radical (unpaired) electrons. The molecule has 0 unspecified atom stereocenters. The quantitative estimate of drug-likeness (QED) is 0.863. The van der Waals surface area contributed by atoms with Crippen molar-refractivity contribution >= 4 is 0 Å². The maximum Gasteiger partial charge on any atom is 0.227 e. The highest BCUT2D eigenvalue weighted by Crippen LogP contribution is 2.44. The van der Waals surface area contributed by atoms with Gasteiger partial charge in [0.15, 0.2) is 0 Å². The minimum Gasteiger partial charge on any atom is -0.370 e. The van der Waals surface area contributed by atoms with Crippen LogP contribution < -0.4 is 5.73 Å². The van der Waals surface area contributed by atoms with Crippen LogP contribution in [0.25, 0.3) is 0 Å². The van der Waals surface area contributed by atoms with E-state index in [4.69, 9.17) is 15.0 Å². The van der Waals surface area contributed by atoms with Crippen molar-refractivity contribution in [1.29, 1.82) is 0 Å². The topological polar surface area (TPSA) is 74.2 Å². The summed E-state index contributed by atoms with van der Waals surface area (Å²) in [6, 6.07) is 0. The van der Waals surface area contributed by atoms with Gasteiger partial charge in [0, 0.05) is 13.5 Å². The van der Waals surface area contributed by atoms with E-state index < -0.39 is 0 Å². The van der Waals surface area contributed by atoms with Crippen LogP contribution in [0.5, 0.6) is 0 Å². The van der Waals surface area contributed by atoms with E-state index in [0.29, 0.717) is 6.54 Å². The third-order valence-electron chi connectivity index (χ3n) is 4.80. The summed E-state index contributed by atoms with van der Waals surface area (Å²) in [6.45, 7) is 0.708. The minimum atomic E-state index is -0.281. The molecule has 0 aromatic carbocycles. The van der Waals surface area contributed by atoms with Gasteiger partial charge in [-0.25, -0.2) is 0 Å². The van der Waals surface area contributed by atoms with Crippen LogP contribution in [0.2, 0.25) is 0 Å². The number of nitrogens with zero attached hydrogens (tertiary/aromatic N) is 2. The van der Waals surface area contributed by atoms with E-state index in [9.17, 15) is 0 Å². The molecule has 5 heteroatoms. The number of hydrogen-bond donors (Lipinski definition) is 1. The second-order valence-corrected chi connectivity index (χ2v) is 5.80. The fourth-order valence-corrected chi connectivity index (χ4v) is 2.98. The van der Waals surface area contributed by atoms with Crippen molar-refractivity contribution < 1.29 is 9.26 Å². The Bertz CT molecular complexity index is 411. The zero-order valence-corrected chi connectivity index (χ0v) is 10.9. The SMILES string of the molecule is COC1(c2noc(CC3(CN)CCC3)n2)CCC1. The van der Waals surface area contributed by atoms with Crippen LogP contribution in [0.4, 0.5) is 0 Å². The van der Waals surface area contributed by atoms with E-state index in [2.05, 4.69) is 10.1 Å². The second kappa shape index (κ2) is 4.31. The predicted molar refractivity (Wildman–Crippen MR) is 65.9 cm³/mol. The van der Waals surface area contributed by atoms with E-state index in [-0.39, 0.29) is 11.0 Å². The van der Waals surface area contributed by atoms with Crippen LogP contribution in [0, 0.1) is 5.41 Å². The van der Waals surface area contributed by atoms with E-state index in [1.165, 1.54) is 25.7 Å². The number of nitrogens with two attached hydrogens (primary N) is 1. The number of methoxy groups -OCH3 is 1. The van der Waals surface area contributed by atoms with Gasteiger partial charge in [0.1, 0.15) is 5.60 Å². The molecule has 3 rings (SSSR count). The van der Waals surface area contributed by atoms with Crippen LogP contribution in [-0.2, 0) is 16.8 Å². The lowest BCUT2D eigenvalue weighted by molar-refractivity contribution is -0.0858. The smallest absolute Gasteiger partial charge is 0.227 e. The van der Waals surface area contributed by atoms with Gasteiger partial charge in [0.05, 0.1) is 0 Å². The molecule has 0 aliphatic heterocycles. The molecule has 2 saturated carbocycles. The lowest BCUT2D eigenvalue weighted by Gasteiger charge is -2.40. The average molecular weight is 251 g/mol. The summed E-state index contributed by atoms with van der Waals surface area (Å²) in [5.41, 5.74) is 5.79. The molecule has 18 heavy (non-hydrogen) atoms. The first-order valence-electron chi connectivity index (χ1n) is 6.80. The van der Waals surface area contributed by atoms with E-state index in [1.54, 1.807) is 7.11 Å². The van der Waals surface area contributed by atoms with Gasteiger partial charge in [-0.15, -0.1) is 0 Å². The zero-order valence-electron chi connectivity index (χ0n) is 10.9. The molecule has 100 valence electrons. The molecule has 0 saturated heterocycles. The van der Waals surface area contributed by atoms with Gasteiger partial charge in [-0.2, -0.15) is 4.98 Å². The number of hydrogen-bond acceptors (Lipinski definition) is 5. The molecule has 0 atom stereocenters. The molecular formula is C13H21N3O2. The summed E-state index contributed by atoms with van der Waals surface area (Å²) in [5, 5.41) is 4.11. The molecule has 2 aliphatic carbocycles. The molecule has 1 aromatic heterocycles. The zero-order chi connectivity index (χ0) is 12.6. The van der Waals surface area contributed by atoms with Crippen LogP contribution in [0.15, 0.2) is 4.52 Å². The molecule has 5 nitrogen and oxygen atoms in total. The van der Waals surface area contributed by atoms with Crippen molar-refractivity contribution in [3.8, 4) is 0 Å². The summed E-state index contributed by atoms with van der Waals surface area (Å²) >= 11 is 0. The van der Waals surface area contributed by atoms with Gasteiger partial charge >= 0.3 is 0 Å². The summed E-state index contributed by atoms with van der Waals surface area (Å²) in [5.74, 6) is 1.44. The summed E-state index contributed by atoms with van der Waals surface area (Å²) in [6.07, 6.45) is 7.59. The normalized spacial score (nSPS) is 24.3. The summed E-state index contributed by atoms with van der Waals surface area (Å²) in [4.78, 5) is 4.53. The van der Waals surface area contributed by atoms with Crippen molar-refractivity contribution in [1.82, 2.24) is 10.1 Å². The first-order chi connectivity index (χ1) is 8.72. The van der Waals surface area contributed by atoms with Gasteiger partial charge in [-0.05, 0) is 44.1 Å². The minimum absolute atomic E-state index is 0.212. The molecule has 1 aromatic rings. The third kappa shape index (κ3) is 1.77. The molecule has 0 amide bonds. The third-order valence-corrected chi connectivity index (χ3v) is 4.80. The Balaban J connectivity index is 1.73. The lowest BCUT2D eigenvalue weighted by Crippen LogP contribution is -2.39. The van der Waals surface area contributed by atoms with Gasteiger partial charge in [0.2, 0.25) is 11.7 Å². The van der Waals surface area contributed by atoms with Crippen LogP contribution in [0.3, 0.4) is 0 Å². The molecule has 0 bridgehead atoms. The Kier molecular flexibility index (Phi) is 2.90. The number of ether oxygens (including phenoxy) is 1. The molecule has 2 N–H and O–H groups in total. The highest BCUT2D eigenvalue weighted by Gasteiger charge is 2.44. The van der Waals surface area contributed by atoms with Crippen molar-refractivity contribution in [2.75, 3.05) is 13.7 Å². The monoisotopic (exact) mass is 251 g/mol. The Hall–Kier alpha value is -0.940. The second-order valence-electron chi connectivity index (χ2n) is 5.80. The maximum atomic E-state index is 5.86. The standard InChI is InChI=1S/C13H21N3O2/c1-17-13(6-3-7-13)11-15-10(18-16-11)8-12(9-14)4-2-5-12/h2-9,14H2,1H3. The Morgan fingerprint density at radius 2 is 2.00 bits per heavy atom. The highest BCUT2D eigenvalue weighted by molar-refractivity contribution is 5.08. The molecular weight excluding hydrogens is 230 g/mol. The van der Waals surface area contributed by atoms with Crippen molar-refractivity contribution in [3.63, 3.8) is 0 Å². The van der Waals surface area contributed by atoms with E-state index in [0.717, 1.165) is 31.0 Å². The Morgan fingerprint density at radius 1 is 1.28 bits per heavy atom. The van der Waals surface area contributed by atoms with E-state index in [1.807, 2.05) is 0 Å². The first kappa shape index (κ1) is 12.1. The fourth-order valence-electron chi connectivity index (χ4n) is 2.98. The number of rotatable bonds is 5. The Morgan fingerprint density at radius 3 is 2.44 bits per heavy atom. The first-order valence-corrected chi connectivity index (χ1v) is 6.80. The van der Waals surface area contributed by atoms with Crippen molar-refractivity contribution in [3.05, 3.63) is 11.7 Å². The summed E-state index contributed by atoms with van der Waals surface area (Å²) < 4.78 is 10.9. The van der Waals surface area contributed by atoms with Crippen molar-refractivity contribution in [2.45, 2.75) is 50.5 Å². The van der Waals surface area contributed by atoms with Crippen LogP contribution in [-0.4, -0.2) is 23.8 Å². The van der Waals surface area contributed by atoms with E-state index >= 15 is 0 Å². The number of aromatic nitrogens is 2. The van der Waals surface area contributed by atoms with Crippen LogP contribution in [0.1, 0.15) is 50.2 Å². The summed E-state index contributed by atoms with van der Waals surface area (Å²) in [7, 11) is 1.72. The lowest BCUT2D eigenvalue weighted by atomic mass is 9.67. The molecule has 1 heterocycles. The molecule has 0 spiro atoms. The Labute approximate surface area is 107 Å². The van der Waals surface area contributed by atoms with Crippen LogP contribution >= 0.6 is 0 Å². The fraction of sp³-hybridized carbons (Fsp3) is 0.846. The van der Waals surface area contributed by atoms with Gasteiger partial charge in [-0.1, -0.05) is 11.6 Å².